The summed E-state index contributed by atoms with van der Waals surface area (Å²) in [5.74, 6) is 0.129. The van der Waals surface area contributed by atoms with E-state index in [0.717, 1.165) is 26.0 Å². The Morgan fingerprint density at radius 1 is 1.45 bits per heavy atom. The van der Waals surface area contributed by atoms with Gasteiger partial charge in [0.05, 0.1) is 12.6 Å². The van der Waals surface area contributed by atoms with Gasteiger partial charge in [0.1, 0.15) is 0 Å². The van der Waals surface area contributed by atoms with Crippen molar-refractivity contribution >= 4 is 17.2 Å². The average Bonchev–Trinajstić information content (AvgIpc) is 3.18. The van der Waals surface area contributed by atoms with Crippen molar-refractivity contribution < 1.29 is 9.53 Å². The standard InChI is InChI=1S/C15H22N2O2S/c18-15(16-10-12-4-2-8-19-12)11-17-7-1-5-13(17)14-6-3-9-20-14/h3,6,9,12-13H,1-2,4-5,7-8,10-11H2,(H,16,18)/t12-,13-/m0/s1. The number of thiophene rings is 1. The number of hydrogen-bond acceptors (Lipinski definition) is 4. The molecule has 0 bridgehead atoms. The van der Waals surface area contributed by atoms with Crippen LogP contribution in [0.15, 0.2) is 17.5 Å². The molecule has 3 heterocycles. The van der Waals surface area contributed by atoms with Crippen molar-refractivity contribution in [1.82, 2.24) is 10.2 Å². The van der Waals surface area contributed by atoms with Gasteiger partial charge >= 0.3 is 0 Å². The number of hydrogen-bond donors (Lipinski definition) is 1. The summed E-state index contributed by atoms with van der Waals surface area (Å²) in [6.07, 6.45) is 4.77. The molecular weight excluding hydrogens is 272 g/mol. The molecule has 2 saturated heterocycles. The molecule has 110 valence electrons. The number of rotatable bonds is 5. The Hall–Kier alpha value is -0.910. The molecule has 1 aromatic heterocycles. The van der Waals surface area contributed by atoms with Crippen LogP contribution in [0, 0.1) is 0 Å². The number of nitrogens with zero attached hydrogens (tertiary/aromatic N) is 1. The molecule has 0 unspecified atom stereocenters. The first-order valence-corrected chi connectivity index (χ1v) is 8.36. The van der Waals surface area contributed by atoms with Crippen LogP contribution >= 0.6 is 11.3 Å². The van der Waals surface area contributed by atoms with Gasteiger partial charge in [-0.25, -0.2) is 0 Å². The van der Waals surface area contributed by atoms with E-state index in [1.54, 1.807) is 11.3 Å². The molecule has 5 heteroatoms. The Balaban J connectivity index is 1.47. The Morgan fingerprint density at radius 2 is 2.40 bits per heavy atom. The van der Waals surface area contributed by atoms with Gasteiger partial charge in [0.25, 0.3) is 0 Å². The zero-order chi connectivity index (χ0) is 13.8. The maximum Gasteiger partial charge on any atom is 0.234 e. The van der Waals surface area contributed by atoms with E-state index in [-0.39, 0.29) is 12.0 Å². The Bertz CT molecular complexity index is 429. The van der Waals surface area contributed by atoms with Crippen LogP contribution in [0.3, 0.4) is 0 Å². The van der Waals surface area contributed by atoms with Gasteiger partial charge in [-0.2, -0.15) is 0 Å². The van der Waals surface area contributed by atoms with Crippen LogP contribution in [-0.2, 0) is 9.53 Å². The number of nitrogens with one attached hydrogen (secondary N) is 1. The topological polar surface area (TPSA) is 41.6 Å². The van der Waals surface area contributed by atoms with Gasteiger partial charge in [0.15, 0.2) is 0 Å². The summed E-state index contributed by atoms with van der Waals surface area (Å²) in [4.78, 5) is 15.8. The molecule has 2 fully saturated rings. The lowest BCUT2D eigenvalue weighted by Crippen LogP contribution is -2.39. The van der Waals surface area contributed by atoms with Gasteiger partial charge in [-0.15, -0.1) is 11.3 Å². The zero-order valence-electron chi connectivity index (χ0n) is 11.7. The van der Waals surface area contributed by atoms with Crippen molar-refractivity contribution in [2.45, 2.75) is 37.8 Å². The minimum absolute atomic E-state index is 0.129. The van der Waals surface area contributed by atoms with E-state index >= 15 is 0 Å². The van der Waals surface area contributed by atoms with Crippen LogP contribution in [0.1, 0.15) is 36.6 Å². The number of ether oxygens (including phenoxy) is 1. The van der Waals surface area contributed by atoms with Crippen molar-refractivity contribution in [1.29, 1.82) is 0 Å². The maximum atomic E-state index is 12.1. The monoisotopic (exact) mass is 294 g/mol. The van der Waals surface area contributed by atoms with Crippen LogP contribution in [0.4, 0.5) is 0 Å². The molecule has 2 aliphatic rings. The van der Waals surface area contributed by atoms with Gasteiger partial charge < -0.3 is 10.1 Å². The first kappa shape index (κ1) is 14.0. The average molecular weight is 294 g/mol. The van der Waals surface area contributed by atoms with Crippen molar-refractivity contribution in [3.8, 4) is 0 Å². The zero-order valence-corrected chi connectivity index (χ0v) is 12.5. The van der Waals surface area contributed by atoms with Crippen molar-refractivity contribution in [2.75, 3.05) is 26.2 Å². The molecule has 2 aliphatic heterocycles. The molecule has 1 amide bonds. The molecule has 1 N–H and O–H groups in total. The highest BCUT2D eigenvalue weighted by Gasteiger charge is 2.28. The molecule has 20 heavy (non-hydrogen) atoms. The molecule has 3 rings (SSSR count). The fourth-order valence-corrected chi connectivity index (χ4v) is 3.99. The van der Waals surface area contributed by atoms with Crippen molar-refractivity contribution in [3.63, 3.8) is 0 Å². The van der Waals surface area contributed by atoms with Crippen LogP contribution in [0.2, 0.25) is 0 Å². The van der Waals surface area contributed by atoms with Crippen LogP contribution in [0.25, 0.3) is 0 Å². The number of amides is 1. The predicted octanol–water partition coefficient (Wildman–Crippen LogP) is 2.18. The molecule has 4 nitrogen and oxygen atoms in total. The summed E-state index contributed by atoms with van der Waals surface area (Å²) < 4.78 is 5.53. The molecule has 0 aromatic carbocycles. The summed E-state index contributed by atoms with van der Waals surface area (Å²) in [7, 11) is 0. The lowest BCUT2D eigenvalue weighted by atomic mass is 10.2. The van der Waals surface area contributed by atoms with Gasteiger partial charge in [-0.1, -0.05) is 6.07 Å². The van der Waals surface area contributed by atoms with E-state index in [9.17, 15) is 4.79 Å². The maximum absolute atomic E-state index is 12.1. The second-order valence-electron chi connectivity index (χ2n) is 5.58. The first-order valence-electron chi connectivity index (χ1n) is 7.48. The van der Waals surface area contributed by atoms with E-state index < -0.39 is 0 Å². The van der Waals surface area contributed by atoms with Crippen LogP contribution in [-0.4, -0.2) is 43.2 Å². The summed E-state index contributed by atoms with van der Waals surface area (Å²) in [5, 5.41) is 5.13. The highest BCUT2D eigenvalue weighted by Crippen LogP contribution is 2.33. The first-order chi connectivity index (χ1) is 9.83. The highest BCUT2D eigenvalue weighted by atomic mass is 32.1. The number of likely N-dealkylation sites (tertiary alicyclic amines) is 1. The van der Waals surface area contributed by atoms with E-state index in [1.165, 1.54) is 17.7 Å². The fourth-order valence-electron chi connectivity index (χ4n) is 3.09. The van der Waals surface area contributed by atoms with Crippen molar-refractivity contribution in [2.24, 2.45) is 0 Å². The van der Waals surface area contributed by atoms with Gasteiger partial charge in [0, 0.05) is 24.1 Å². The van der Waals surface area contributed by atoms with E-state index in [2.05, 4.69) is 27.7 Å². The predicted molar refractivity (Wildman–Crippen MR) is 79.9 cm³/mol. The number of carbonyl (C=O) groups is 1. The fraction of sp³-hybridized carbons (Fsp3) is 0.667. The number of carbonyl (C=O) groups excluding carboxylic acids is 1. The largest absolute Gasteiger partial charge is 0.376 e. The highest BCUT2D eigenvalue weighted by molar-refractivity contribution is 7.10. The second-order valence-corrected chi connectivity index (χ2v) is 6.56. The minimum atomic E-state index is 0.129. The quantitative estimate of drug-likeness (QED) is 0.905. The third-order valence-electron chi connectivity index (χ3n) is 4.13. The Morgan fingerprint density at radius 3 is 3.15 bits per heavy atom. The smallest absolute Gasteiger partial charge is 0.234 e. The SMILES string of the molecule is O=C(CN1CCC[C@H]1c1cccs1)NC[C@@H]1CCCO1. The summed E-state index contributed by atoms with van der Waals surface area (Å²) in [6, 6.07) is 4.70. The Labute approximate surface area is 124 Å². The molecular formula is C15H22N2O2S. The minimum Gasteiger partial charge on any atom is -0.376 e. The lowest BCUT2D eigenvalue weighted by Gasteiger charge is -2.23. The van der Waals surface area contributed by atoms with Gasteiger partial charge in [-0.05, 0) is 43.7 Å². The Kier molecular flexibility index (Phi) is 4.70. The third kappa shape index (κ3) is 3.40. The van der Waals surface area contributed by atoms with Crippen LogP contribution in [0.5, 0.6) is 0 Å². The van der Waals surface area contributed by atoms with Crippen LogP contribution < -0.4 is 5.32 Å². The molecule has 1 aromatic rings. The van der Waals surface area contributed by atoms with E-state index in [4.69, 9.17) is 4.74 Å². The van der Waals surface area contributed by atoms with E-state index in [0.29, 0.717) is 19.1 Å². The normalized spacial score (nSPS) is 27.0. The second kappa shape index (κ2) is 6.70. The molecule has 0 radical (unpaired) electrons. The molecule has 0 spiro atoms. The molecule has 0 aliphatic carbocycles. The summed E-state index contributed by atoms with van der Waals surface area (Å²) >= 11 is 1.79. The van der Waals surface area contributed by atoms with Gasteiger partial charge in [-0.3, -0.25) is 9.69 Å². The van der Waals surface area contributed by atoms with E-state index in [1.807, 2.05) is 0 Å². The lowest BCUT2D eigenvalue weighted by molar-refractivity contribution is -0.123. The summed E-state index contributed by atoms with van der Waals surface area (Å²) in [5.41, 5.74) is 0. The molecule has 2 atom stereocenters. The summed E-state index contributed by atoms with van der Waals surface area (Å²) in [6.45, 7) is 3.04. The van der Waals surface area contributed by atoms with Gasteiger partial charge in [0.2, 0.25) is 5.91 Å². The van der Waals surface area contributed by atoms with Crippen molar-refractivity contribution in [3.05, 3.63) is 22.4 Å². The third-order valence-corrected chi connectivity index (χ3v) is 5.11. The molecule has 0 saturated carbocycles.